The van der Waals surface area contributed by atoms with Crippen LogP contribution in [0, 0.1) is 5.92 Å². The zero-order chi connectivity index (χ0) is 12.8. The Balaban J connectivity index is 2.26. The van der Waals surface area contributed by atoms with Gasteiger partial charge in [0.05, 0.1) is 5.92 Å². The fourth-order valence-corrected chi connectivity index (χ4v) is 2.66. The van der Waals surface area contributed by atoms with Gasteiger partial charge < -0.3 is 15.7 Å². The highest BCUT2D eigenvalue weighted by molar-refractivity contribution is 7.98. The van der Waals surface area contributed by atoms with Gasteiger partial charge in [-0.05, 0) is 32.4 Å². The first kappa shape index (κ1) is 14.2. The number of carboxylic acid groups (broad SMARTS) is 1. The summed E-state index contributed by atoms with van der Waals surface area (Å²) < 4.78 is 0. The molecule has 1 aliphatic rings. The third-order valence-corrected chi connectivity index (χ3v) is 3.74. The summed E-state index contributed by atoms with van der Waals surface area (Å²) in [6.45, 7) is 1.95. The Morgan fingerprint density at radius 2 is 2.18 bits per heavy atom. The van der Waals surface area contributed by atoms with Gasteiger partial charge in [0.2, 0.25) is 0 Å². The SMILES string of the molecule is CSCC(C)NC(=O)N[C@H]1CC[C@@H](C(=O)O)C1. The molecule has 2 amide bonds. The number of amides is 2. The van der Waals surface area contributed by atoms with Crippen molar-refractivity contribution in [3.63, 3.8) is 0 Å². The molecular formula is C11H20N2O3S. The minimum Gasteiger partial charge on any atom is -0.481 e. The molecule has 6 heteroatoms. The van der Waals surface area contributed by atoms with Crippen molar-refractivity contribution < 1.29 is 14.7 Å². The van der Waals surface area contributed by atoms with Crippen LogP contribution in [0.3, 0.4) is 0 Å². The van der Waals surface area contributed by atoms with E-state index in [9.17, 15) is 9.59 Å². The standard InChI is InChI=1S/C11H20N2O3S/c1-7(6-17-2)12-11(16)13-9-4-3-8(5-9)10(14)15/h7-9H,3-6H2,1-2H3,(H,14,15)(H2,12,13,16)/t7?,8-,9+/m1/s1. The molecule has 5 nitrogen and oxygen atoms in total. The lowest BCUT2D eigenvalue weighted by atomic mass is 10.1. The molecule has 0 aliphatic heterocycles. The number of carboxylic acids is 1. The zero-order valence-electron chi connectivity index (χ0n) is 10.2. The highest BCUT2D eigenvalue weighted by Gasteiger charge is 2.30. The molecule has 0 spiro atoms. The maximum atomic E-state index is 11.6. The van der Waals surface area contributed by atoms with E-state index in [1.165, 1.54) is 0 Å². The van der Waals surface area contributed by atoms with Crippen molar-refractivity contribution in [3.05, 3.63) is 0 Å². The van der Waals surface area contributed by atoms with Gasteiger partial charge in [0, 0.05) is 17.8 Å². The van der Waals surface area contributed by atoms with Crippen molar-refractivity contribution in [1.29, 1.82) is 0 Å². The van der Waals surface area contributed by atoms with E-state index >= 15 is 0 Å². The predicted octanol–water partition coefficient (Wildman–Crippen LogP) is 1.29. The van der Waals surface area contributed by atoms with E-state index in [4.69, 9.17) is 5.11 Å². The molecule has 1 aliphatic carbocycles. The van der Waals surface area contributed by atoms with Crippen LogP contribution in [-0.2, 0) is 4.79 Å². The van der Waals surface area contributed by atoms with Gasteiger partial charge in [-0.1, -0.05) is 0 Å². The van der Waals surface area contributed by atoms with Gasteiger partial charge in [-0.3, -0.25) is 4.79 Å². The topological polar surface area (TPSA) is 78.4 Å². The van der Waals surface area contributed by atoms with Gasteiger partial charge in [-0.2, -0.15) is 11.8 Å². The third-order valence-electron chi connectivity index (χ3n) is 2.91. The number of aliphatic carboxylic acids is 1. The normalized spacial score (nSPS) is 25.3. The molecule has 0 saturated heterocycles. The molecule has 17 heavy (non-hydrogen) atoms. The van der Waals surface area contributed by atoms with Gasteiger partial charge in [-0.25, -0.2) is 4.79 Å². The van der Waals surface area contributed by atoms with Crippen LogP contribution in [0.2, 0.25) is 0 Å². The van der Waals surface area contributed by atoms with E-state index < -0.39 is 5.97 Å². The van der Waals surface area contributed by atoms with Crippen molar-refractivity contribution in [2.24, 2.45) is 5.92 Å². The second kappa shape index (κ2) is 6.74. The molecule has 0 radical (unpaired) electrons. The Bertz CT molecular complexity index is 286. The number of rotatable bonds is 5. The van der Waals surface area contributed by atoms with E-state index in [1.54, 1.807) is 11.8 Å². The zero-order valence-corrected chi connectivity index (χ0v) is 11.0. The summed E-state index contributed by atoms with van der Waals surface area (Å²) in [5, 5.41) is 14.5. The van der Waals surface area contributed by atoms with Crippen LogP contribution >= 0.6 is 11.8 Å². The van der Waals surface area contributed by atoms with Gasteiger partial charge in [-0.15, -0.1) is 0 Å². The molecule has 1 saturated carbocycles. The van der Waals surface area contributed by atoms with Crippen molar-refractivity contribution in [3.8, 4) is 0 Å². The first-order valence-electron chi connectivity index (χ1n) is 5.81. The fourth-order valence-electron chi connectivity index (χ4n) is 2.08. The van der Waals surface area contributed by atoms with E-state index in [0.29, 0.717) is 12.8 Å². The predicted molar refractivity (Wildman–Crippen MR) is 68.3 cm³/mol. The summed E-state index contributed by atoms with van der Waals surface area (Å²) in [5.74, 6) is -0.190. The minimum absolute atomic E-state index is 0.00224. The summed E-state index contributed by atoms with van der Waals surface area (Å²) in [4.78, 5) is 22.3. The first-order valence-corrected chi connectivity index (χ1v) is 7.21. The fraction of sp³-hybridized carbons (Fsp3) is 0.818. The van der Waals surface area contributed by atoms with E-state index in [-0.39, 0.29) is 24.0 Å². The second-order valence-electron chi connectivity index (χ2n) is 4.52. The molecule has 3 atom stereocenters. The van der Waals surface area contributed by atoms with Crippen LogP contribution in [0.1, 0.15) is 26.2 Å². The highest BCUT2D eigenvalue weighted by Crippen LogP contribution is 2.25. The van der Waals surface area contributed by atoms with Crippen LogP contribution in [0.5, 0.6) is 0 Å². The van der Waals surface area contributed by atoms with Crippen molar-refractivity contribution in [2.45, 2.75) is 38.3 Å². The Kier molecular flexibility index (Phi) is 5.61. The van der Waals surface area contributed by atoms with E-state index in [0.717, 1.165) is 12.2 Å². The first-order chi connectivity index (χ1) is 8.02. The van der Waals surface area contributed by atoms with Gasteiger partial charge in [0.15, 0.2) is 0 Å². The number of carbonyl (C=O) groups excluding carboxylic acids is 1. The monoisotopic (exact) mass is 260 g/mol. The quantitative estimate of drug-likeness (QED) is 0.696. The summed E-state index contributed by atoms with van der Waals surface area (Å²) in [5.41, 5.74) is 0. The maximum Gasteiger partial charge on any atom is 0.315 e. The molecule has 98 valence electrons. The largest absolute Gasteiger partial charge is 0.481 e. The lowest BCUT2D eigenvalue weighted by Crippen LogP contribution is -2.45. The molecule has 0 heterocycles. The molecule has 1 unspecified atom stereocenters. The molecule has 0 aromatic rings. The Morgan fingerprint density at radius 3 is 2.71 bits per heavy atom. The van der Waals surface area contributed by atoms with Gasteiger partial charge in [0.1, 0.15) is 0 Å². The molecule has 3 N–H and O–H groups in total. The second-order valence-corrected chi connectivity index (χ2v) is 5.43. The van der Waals surface area contributed by atoms with E-state index in [2.05, 4.69) is 10.6 Å². The Labute approximate surface area is 106 Å². The average molecular weight is 260 g/mol. The number of urea groups is 1. The van der Waals surface area contributed by atoms with Crippen molar-refractivity contribution in [2.75, 3.05) is 12.0 Å². The number of hydrogen-bond donors (Lipinski definition) is 3. The summed E-state index contributed by atoms with van der Waals surface area (Å²) in [6.07, 6.45) is 3.94. The Morgan fingerprint density at radius 1 is 1.47 bits per heavy atom. The van der Waals surface area contributed by atoms with Crippen LogP contribution < -0.4 is 10.6 Å². The molecule has 1 rings (SSSR count). The van der Waals surface area contributed by atoms with Crippen LogP contribution in [0.15, 0.2) is 0 Å². The van der Waals surface area contributed by atoms with E-state index in [1.807, 2.05) is 13.2 Å². The smallest absolute Gasteiger partial charge is 0.315 e. The summed E-state index contributed by atoms with van der Waals surface area (Å²) in [6, 6.07) is -0.0677. The number of thioether (sulfide) groups is 1. The minimum atomic E-state index is -0.759. The number of carbonyl (C=O) groups is 2. The molecule has 0 bridgehead atoms. The Hall–Kier alpha value is -0.910. The van der Waals surface area contributed by atoms with Crippen LogP contribution in [-0.4, -0.2) is 41.2 Å². The number of hydrogen-bond acceptors (Lipinski definition) is 3. The average Bonchev–Trinajstić information content (AvgIpc) is 2.66. The maximum absolute atomic E-state index is 11.6. The van der Waals surface area contributed by atoms with Crippen molar-refractivity contribution in [1.82, 2.24) is 10.6 Å². The summed E-state index contributed by atoms with van der Waals surface area (Å²) >= 11 is 1.68. The number of nitrogens with one attached hydrogen (secondary N) is 2. The third kappa shape index (κ3) is 4.85. The molecular weight excluding hydrogens is 240 g/mol. The van der Waals surface area contributed by atoms with Crippen LogP contribution in [0.4, 0.5) is 4.79 Å². The molecule has 1 fully saturated rings. The lowest BCUT2D eigenvalue weighted by Gasteiger charge is -2.17. The summed E-state index contributed by atoms with van der Waals surface area (Å²) in [7, 11) is 0. The molecule has 0 aromatic heterocycles. The molecule has 0 aromatic carbocycles. The lowest BCUT2D eigenvalue weighted by molar-refractivity contribution is -0.141. The van der Waals surface area contributed by atoms with Gasteiger partial charge in [0.25, 0.3) is 0 Å². The van der Waals surface area contributed by atoms with Gasteiger partial charge >= 0.3 is 12.0 Å². The van der Waals surface area contributed by atoms with Crippen molar-refractivity contribution >= 4 is 23.8 Å². The highest BCUT2D eigenvalue weighted by atomic mass is 32.2. The van der Waals surface area contributed by atoms with Crippen LogP contribution in [0.25, 0.3) is 0 Å².